The lowest BCUT2D eigenvalue weighted by Crippen LogP contribution is -2.18. The Morgan fingerprint density at radius 1 is 1.05 bits per heavy atom. The predicted molar refractivity (Wildman–Crippen MR) is 81.2 cm³/mol. The fourth-order valence-corrected chi connectivity index (χ4v) is 1.95. The zero-order valence-electron chi connectivity index (χ0n) is 11.5. The summed E-state index contributed by atoms with van der Waals surface area (Å²) in [6.45, 7) is 1.46. The van der Waals surface area contributed by atoms with Crippen LogP contribution in [0.15, 0.2) is 48.5 Å². The van der Waals surface area contributed by atoms with Gasteiger partial charge in [-0.15, -0.1) is 0 Å². The van der Waals surface area contributed by atoms with Gasteiger partial charge in [-0.3, -0.25) is 4.79 Å². The molecular weight excluding hydrogens is 250 g/mol. The summed E-state index contributed by atoms with van der Waals surface area (Å²) in [5.41, 5.74) is 9.58. The van der Waals surface area contributed by atoms with Crippen molar-refractivity contribution in [3.05, 3.63) is 65.2 Å². The van der Waals surface area contributed by atoms with Gasteiger partial charge in [0.05, 0.1) is 0 Å². The SMILES string of the molecule is CNC(=O)c1ccc(CNCc2ccccc2N)cc1. The maximum Gasteiger partial charge on any atom is 0.251 e. The summed E-state index contributed by atoms with van der Waals surface area (Å²) < 4.78 is 0. The molecule has 2 rings (SSSR count). The lowest BCUT2D eigenvalue weighted by atomic mass is 10.1. The Bertz CT molecular complexity index is 579. The molecule has 0 unspecified atom stereocenters. The van der Waals surface area contributed by atoms with E-state index in [1.54, 1.807) is 7.05 Å². The Kier molecular flexibility index (Phi) is 4.74. The van der Waals surface area contributed by atoms with Gasteiger partial charge in [0.15, 0.2) is 0 Å². The second kappa shape index (κ2) is 6.73. The van der Waals surface area contributed by atoms with Crippen LogP contribution in [0.5, 0.6) is 0 Å². The molecule has 0 aliphatic carbocycles. The molecule has 20 heavy (non-hydrogen) atoms. The highest BCUT2D eigenvalue weighted by atomic mass is 16.1. The van der Waals surface area contributed by atoms with E-state index in [1.165, 1.54) is 0 Å². The number of hydrogen-bond acceptors (Lipinski definition) is 3. The van der Waals surface area contributed by atoms with E-state index >= 15 is 0 Å². The number of nitrogens with two attached hydrogens (primary N) is 1. The third-order valence-electron chi connectivity index (χ3n) is 3.14. The van der Waals surface area contributed by atoms with E-state index in [1.807, 2.05) is 48.5 Å². The Balaban J connectivity index is 1.88. The van der Waals surface area contributed by atoms with E-state index in [9.17, 15) is 4.79 Å². The molecule has 0 fully saturated rings. The summed E-state index contributed by atoms with van der Waals surface area (Å²) in [7, 11) is 1.63. The normalized spacial score (nSPS) is 10.2. The minimum atomic E-state index is -0.0680. The molecule has 0 bridgehead atoms. The van der Waals surface area contributed by atoms with E-state index in [-0.39, 0.29) is 5.91 Å². The molecule has 0 aliphatic heterocycles. The molecule has 4 N–H and O–H groups in total. The summed E-state index contributed by atoms with van der Waals surface area (Å²) in [6.07, 6.45) is 0. The van der Waals surface area contributed by atoms with Crippen molar-refractivity contribution in [2.75, 3.05) is 12.8 Å². The van der Waals surface area contributed by atoms with Crippen LogP contribution in [0.1, 0.15) is 21.5 Å². The molecule has 0 heterocycles. The number of carbonyl (C=O) groups excluding carboxylic acids is 1. The maximum absolute atomic E-state index is 11.4. The first-order valence-electron chi connectivity index (χ1n) is 6.56. The summed E-state index contributed by atoms with van der Waals surface area (Å²) >= 11 is 0. The van der Waals surface area contributed by atoms with Crippen molar-refractivity contribution < 1.29 is 4.79 Å². The largest absolute Gasteiger partial charge is 0.398 e. The van der Waals surface area contributed by atoms with Crippen LogP contribution in [0, 0.1) is 0 Å². The van der Waals surface area contributed by atoms with Gasteiger partial charge in [-0.1, -0.05) is 30.3 Å². The topological polar surface area (TPSA) is 67.2 Å². The first-order chi connectivity index (χ1) is 9.70. The van der Waals surface area contributed by atoms with Crippen molar-refractivity contribution in [1.82, 2.24) is 10.6 Å². The minimum absolute atomic E-state index is 0.0680. The maximum atomic E-state index is 11.4. The second-order valence-corrected chi connectivity index (χ2v) is 4.58. The molecule has 0 spiro atoms. The Morgan fingerprint density at radius 3 is 2.40 bits per heavy atom. The van der Waals surface area contributed by atoms with Crippen LogP contribution in [0.4, 0.5) is 5.69 Å². The first-order valence-corrected chi connectivity index (χ1v) is 6.56. The van der Waals surface area contributed by atoms with Gasteiger partial charge in [-0.05, 0) is 29.3 Å². The summed E-state index contributed by atoms with van der Waals surface area (Å²) in [6, 6.07) is 15.4. The summed E-state index contributed by atoms with van der Waals surface area (Å²) in [5.74, 6) is -0.0680. The molecule has 0 saturated carbocycles. The molecule has 0 saturated heterocycles. The van der Waals surface area contributed by atoms with Crippen LogP contribution >= 0.6 is 0 Å². The van der Waals surface area contributed by atoms with E-state index in [0.29, 0.717) is 5.56 Å². The van der Waals surface area contributed by atoms with Crippen molar-refractivity contribution in [3.8, 4) is 0 Å². The monoisotopic (exact) mass is 269 g/mol. The van der Waals surface area contributed by atoms with Crippen LogP contribution in [0.25, 0.3) is 0 Å². The van der Waals surface area contributed by atoms with Crippen molar-refractivity contribution >= 4 is 11.6 Å². The number of para-hydroxylation sites is 1. The highest BCUT2D eigenvalue weighted by Crippen LogP contribution is 2.10. The molecule has 104 valence electrons. The van der Waals surface area contributed by atoms with E-state index in [4.69, 9.17) is 5.73 Å². The van der Waals surface area contributed by atoms with Crippen LogP contribution in [0.3, 0.4) is 0 Å². The highest BCUT2D eigenvalue weighted by molar-refractivity contribution is 5.93. The number of carbonyl (C=O) groups is 1. The Morgan fingerprint density at radius 2 is 1.75 bits per heavy atom. The Labute approximate surface area is 119 Å². The zero-order chi connectivity index (χ0) is 14.4. The third kappa shape index (κ3) is 3.59. The van der Waals surface area contributed by atoms with Gasteiger partial charge in [0.25, 0.3) is 5.91 Å². The van der Waals surface area contributed by atoms with Gasteiger partial charge in [-0.25, -0.2) is 0 Å². The molecular formula is C16H19N3O. The van der Waals surface area contributed by atoms with Gasteiger partial charge < -0.3 is 16.4 Å². The van der Waals surface area contributed by atoms with Gasteiger partial charge in [0, 0.05) is 31.4 Å². The van der Waals surface area contributed by atoms with Gasteiger partial charge in [0.2, 0.25) is 0 Å². The molecule has 0 atom stereocenters. The van der Waals surface area contributed by atoms with Crippen molar-refractivity contribution in [1.29, 1.82) is 0 Å². The molecule has 4 heteroatoms. The standard InChI is InChI=1S/C16H19N3O/c1-18-16(20)13-8-6-12(7-9-13)10-19-11-14-4-2-3-5-15(14)17/h2-9,19H,10-11,17H2,1H3,(H,18,20). The number of anilines is 1. The lowest BCUT2D eigenvalue weighted by molar-refractivity contribution is 0.0963. The average molecular weight is 269 g/mol. The summed E-state index contributed by atoms with van der Waals surface area (Å²) in [5, 5.41) is 5.94. The molecule has 2 aromatic carbocycles. The summed E-state index contributed by atoms with van der Waals surface area (Å²) in [4.78, 5) is 11.4. The van der Waals surface area contributed by atoms with Crippen LogP contribution in [0.2, 0.25) is 0 Å². The minimum Gasteiger partial charge on any atom is -0.398 e. The molecule has 1 amide bonds. The van der Waals surface area contributed by atoms with Crippen molar-refractivity contribution in [2.45, 2.75) is 13.1 Å². The number of benzene rings is 2. The number of nitrogen functional groups attached to an aromatic ring is 1. The number of hydrogen-bond donors (Lipinski definition) is 3. The van der Waals surface area contributed by atoms with Crippen LogP contribution in [-0.2, 0) is 13.1 Å². The second-order valence-electron chi connectivity index (χ2n) is 4.58. The predicted octanol–water partition coefficient (Wildman–Crippen LogP) is 1.92. The molecule has 4 nitrogen and oxygen atoms in total. The first kappa shape index (κ1) is 14.1. The lowest BCUT2D eigenvalue weighted by Gasteiger charge is -2.08. The Hall–Kier alpha value is -2.33. The smallest absolute Gasteiger partial charge is 0.251 e. The third-order valence-corrected chi connectivity index (χ3v) is 3.14. The van der Waals surface area contributed by atoms with Gasteiger partial charge in [-0.2, -0.15) is 0 Å². The average Bonchev–Trinajstić information content (AvgIpc) is 2.49. The van der Waals surface area contributed by atoms with Crippen molar-refractivity contribution in [3.63, 3.8) is 0 Å². The molecule has 0 aliphatic rings. The van der Waals surface area contributed by atoms with E-state index in [2.05, 4.69) is 10.6 Å². The quantitative estimate of drug-likeness (QED) is 0.726. The van der Waals surface area contributed by atoms with E-state index in [0.717, 1.165) is 29.9 Å². The van der Waals surface area contributed by atoms with Crippen LogP contribution < -0.4 is 16.4 Å². The molecule has 2 aromatic rings. The number of rotatable bonds is 5. The zero-order valence-corrected chi connectivity index (χ0v) is 11.5. The number of amides is 1. The molecule has 0 aromatic heterocycles. The fraction of sp³-hybridized carbons (Fsp3) is 0.188. The van der Waals surface area contributed by atoms with Gasteiger partial charge in [0.1, 0.15) is 0 Å². The van der Waals surface area contributed by atoms with E-state index < -0.39 is 0 Å². The molecule has 0 radical (unpaired) electrons. The number of nitrogens with one attached hydrogen (secondary N) is 2. The van der Waals surface area contributed by atoms with Crippen molar-refractivity contribution in [2.24, 2.45) is 0 Å². The van der Waals surface area contributed by atoms with Gasteiger partial charge >= 0.3 is 0 Å². The highest BCUT2D eigenvalue weighted by Gasteiger charge is 2.02. The van der Waals surface area contributed by atoms with Crippen LogP contribution in [-0.4, -0.2) is 13.0 Å². The fourth-order valence-electron chi connectivity index (χ4n) is 1.95.